The van der Waals surface area contributed by atoms with Crippen molar-refractivity contribution in [3.63, 3.8) is 0 Å². The average Bonchev–Trinajstić information content (AvgIpc) is 3.21. The SMILES string of the molecule is CC(=O)/C=C(/C)O.Cc1[c-]c(-c2cc3cc(-c4ccc(C(C)C)cc4)oc3cn2)cc(C(C)(C)C)c1.[Ir]. The topological polar surface area (TPSA) is 63.3 Å². The van der Waals surface area contributed by atoms with E-state index in [-0.39, 0.29) is 37.1 Å². The molecule has 4 nitrogen and oxygen atoms in total. The summed E-state index contributed by atoms with van der Waals surface area (Å²) < 4.78 is 6.07. The summed E-state index contributed by atoms with van der Waals surface area (Å²) in [6.07, 6.45) is 2.99. The molecule has 2 aromatic carbocycles. The van der Waals surface area contributed by atoms with Crippen molar-refractivity contribution in [3.8, 4) is 22.6 Å². The van der Waals surface area contributed by atoms with Crippen molar-refractivity contribution in [2.75, 3.05) is 0 Å². The summed E-state index contributed by atoms with van der Waals surface area (Å²) >= 11 is 0. The van der Waals surface area contributed by atoms with Crippen LogP contribution in [0.15, 0.2) is 71.0 Å². The first-order valence-corrected chi connectivity index (χ1v) is 12.3. The molecule has 0 spiro atoms. The van der Waals surface area contributed by atoms with Gasteiger partial charge in [0.05, 0.1) is 12.0 Å². The van der Waals surface area contributed by atoms with Crippen LogP contribution in [-0.4, -0.2) is 15.9 Å². The number of aliphatic hydroxyl groups is 1. The fraction of sp³-hybridized carbons (Fsp3) is 0.312. The van der Waals surface area contributed by atoms with E-state index in [1.54, 1.807) is 0 Å². The molecule has 1 radical (unpaired) electrons. The Morgan fingerprint density at radius 3 is 2.22 bits per heavy atom. The van der Waals surface area contributed by atoms with Gasteiger partial charge in [0.1, 0.15) is 5.76 Å². The van der Waals surface area contributed by atoms with E-state index in [1.807, 2.05) is 6.20 Å². The molecule has 0 aliphatic heterocycles. The number of furan rings is 1. The molecule has 2 heterocycles. The van der Waals surface area contributed by atoms with Crippen LogP contribution in [0.1, 0.15) is 71.1 Å². The minimum atomic E-state index is -0.125. The van der Waals surface area contributed by atoms with E-state index < -0.39 is 0 Å². The van der Waals surface area contributed by atoms with E-state index in [9.17, 15) is 4.79 Å². The van der Waals surface area contributed by atoms with Gasteiger partial charge in [-0.05, 0) is 42.5 Å². The molecule has 4 aromatic rings. The van der Waals surface area contributed by atoms with Crippen molar-refractivity contribution in [2.45, 2.75) is 66.7 Å². The van der Waals surface area contributed by atoms with Crippen LogP contribution in [-0.2, 0) is 30.3 Å². The Morgan fingerprint density at radius 1 is 1.05 bits per heavy atom. The number of carbonyl (C=O) groups excluding carboxylic acids is 1. The second kappa shape index (κ2) is 12.5. The van der Waals surface area contributed by atoms with Crippen LogP contribution in [0.5, 0.6) is 0 Å². The molecule has 0 unspecified atom stereocenters. The Kier molecular flexibility index (Phi) is 10.2. The van der Waals surface area contributed by atoms with Gasteiger partial charge in [0.25, 0.3) is 0 Å². The number of benzene rings is 2. The third-order valence-electron chi connectivity index (χ3n) is 5.82. The molecule has 1 N–H and O–H groups in total. The number of allylic oxidation sites excluding steroid dienone is 2. The largest absolute Gasteiger partial charge is 0.512 e. The quantitative estimate of drug-likeness (QED) is 0.134. The summed E-state index contributed by atoms with van der Waals surface area (Å²) in [6.45, 7) is 16.0. The van der Waals surface area contributed by atoms with Gasteiger partial charge < -0.3 is 14.5 Å². The maximum Gasteiger partial charge on any atom is 0.155 e. The number of rotatable bonds is 4. The smallest absolute Gasteiger partial charge is 0.155 e. The number of aryl methyl sites for hydroxylation is 1. The summed E-state index contributed by atoms with van der Waals surface area (Å²) in [7, 11) is 0. The van der Waals surface area contributed by atoms with Crippen molar-refractivity contribution in [1.82, 2.24) is 4.98 Å². The third kappa shape index (κ3) is 8.24. The van der Waals surface area contributed by atoms with Crippen LogP contribution in [0.25, 0.3) is 33.6 Å². The van der Waals surface area contributed by atoms with E-state index in [1.165, 1.54) is 31.1 Å². The second-order valence-electron chi connectivity index (χ2n) is 10.6. The Labute approximate surface area is 234 Å². The molecule has 37 heavy (non-hydrogen) atoms. The number of aromatic nitrogens is 1. The van der Waals surface area contributed by atoms with Crippen LogP contribution >= 0.6 is 0 Å². The molecular formula is C32H36IrNO3-. The zero-order valence-electron chi connectivity index (χ0n) is 22.9. The molecule has 5 heteroatoms. The van der Waals surface area contributed by atoms with Gasteiger partial charge in [-0.2, -0.15) is 0 Å². The van der Waals surface area contributed by atoms with Gasteiger partial charge in [-0.3, -0.25) is 4.79 Å². The van der Waals surface area contributed by atoms with Crippen molar-refractivity contribution >= 4 is 16.8 Å². The Hall–Kier alpha value is -3.01. The monoisotopic (exact) mass is 675 g/mol. The van der Waals surface area contributed by atoms with Crippen LogP contribution in [0.3, 0.4) is 0 Å². The number of hydrogen-bond acceptors (Lipinski definition) is 4. The van der Waals surface area contributed by atoms with E-state index in [0.29, 0.717) is 5.92 Å². The first-order valence-electron chi connectivity index (χ1n) is 12.3. The van der Waals surface area contributed by atoms with Crippen LogP contribution < -0.4 is 0 Å². The molecule has 2 aromatic heterocycles. The summed E-state index contributed by atoms with van der Waals surface area (Å²) in [6, 6.07) is 20.7. The van der Waals surface area contributed by atoms with Crippen LogP contribution in [0.4, 0.5) is 0 Å². The first-order chi connectivity index (χ1) is 16.8. The van der Waals surface area contributed by atoms with Crippen molar-refractivity contribution in [1.29, 1.82) is 0 Å². The molecule has 197 valence electrons. The zero-order chi connectivity index (χ0) is 26.6. The van der Waals surface area contributed by atoms with E-state index >= 15 is 0 Å². The molecule has 0 fully saturated rings. The number of ketones is 1. The van der Waals surface area contributed by atoms with E-state index in [0.717, 1.165) is 39.1 Å². The summed E-state index contributed by atoms with van der Waals surface area (Å²) in [5.41, 5.74) is 7.69. The normalized spacial score (nSPS) is 11.6. The molecule has 0 amide bonds. The van der Waals surface area contributed by atoms with Crippen LogP contribution in [0.2, 0.25) is 0 Å². The van der Waals surface area contributed by atoms with Gasteiger partial charge in [-0.15, -0.1) is 34.9 Å². The van der Waals surface area contributed by atoms with Crippen molar-refractivity contribution in [3.05, 3.63) is 89.3 Å². The Bertz CT molecular complexity index is 1390. The first kappa shape index (κ1) is 30.2. The fourth-order valence-corrected chi connectivity index (χ4v) is 3.85. The Morgan fingerprint density at radius 2 is 1.70 bits per heavy atom. The molecule has 0 saturated heterocycles. The number of hydrogen-bond donors (Lipinski definition) is 1. The maximum atomic E-state index is 10.0. The number of aliphatic hydroxyl groups excluding tert-OH is 1. The molecule has 0 aliphatic rings. The molecular weight excluding hydrogens is 639 g/mol. The Balaban J connectivity index is 0.000000532. The summed E-state index contributed by atoms with van der Waals surface area (Å²) in [4.78, 5) is 14.7. The van der Waals surface area contributed by atoms with E-state index in [4.69, 9.17) is 9.52 Å². The van der Waals surface area contributed by atoms with Gasteiger partial charge in [0.2, 0.25) is 0 Å². The van der Waals surface area contributed by atoms with Crippen molar-refractivity contribution < 1.29 is 34.4 Å². The number of carbonyl (C=O) groups is 1. The van der Waals surface area contributed by atoms with Gasteiger partial charge in [0.15, 0.2) is 11.4 Å². The predicted octanol–water partition coefficient (Wildman–Crippen LogP) is 8.73. The average molecular weight is 675 g/mol. The molecule has 4 rings (SSSR count). The summed E-state index contributed by atoms with van der Waals surface area (Å²) in [5, 5.41) is 9.42. The minimum absolute atomic E-state index is 0. The second-order valence-corrected chi connectivity index (χ2v) is 10.6. The van der Waals surface area contributed by atoms with E-state index in [2.05, 4.69) is 101 Å². The number of fused-ring (bicyclic) bond motifs is 1. The van der Waals surface area contributed by atoms with Gasteiger partial charge in [0, 0.05) is 37.1 Å². The van der Waals surface area contributed by atoms with Gasteiger partial charge in [-0.1, -0.05) is 71.9 Å². The standard InChI is InChI=1S/C27H28NO.C5H8O2.Ir/c1-17(2)19-7-9-20(10-8-19)25-15-22-14-24(28-16-26(22)29-25)21-11-18(3)12-23(13-21)27(4,5)6;1-4(6)3-5(2)7;/h7-10,12-17H,1-6H3;3,6H,1-2H3;/q-1;;/b;4-3-;. The molecule has 0 aliphatic carbocycles. The van der Waals surface area contributed by atoms with Crippen LogP contribution in [0, 0.1) is 13.0 Å². The van der Waals surface area contributed by atoms with Gasteiger partial charge >= 0.3 is 0 Å². The third-order valence-corrected chi connectivity index (χ3v) is 5.82. The number of pyridine rings is 1. The van der Waals surface area contributed by atoms with Crippen molar-refractivity contribution in [2.24, 2.45) is 0 Å². The minimum Gasteiger partial charge on any atom is -0.512 e. The molecule has 0 bridgehead atoms. The summed E-state index contributed by atoms with van der Waals surface area (Å²) in [5.74, 6) is 1.33. The number of nitrogens with zero attached hydrogens (tertiary/aromatic N) is 1. The maximum absolute atomic E-state index is 10.0. The molecule has 0 saturated carbocycles. The molecule has 0 atom stereocenters. The zero-order valence-corrected chi connectivity index (χ0v) is 25.3. The fourth-order valence-electron chi connectivity index (χ4n) is 3.85. The predicted molar refractivity (Wildman–Crippen MR) is 148 cm³/mol. The van der Waals surface area contributed by atoms with Gasteiger partial charge in [-0.25, -0.2) is 0 Å².